The fourth-order valence-corrected chi connectivity index (χ4v) is 2.16. The van der Waals surface area contributed by atoms with E-state index >= 15 is 0 Å². The lowest BCUT2D eigenvalue weighted by atomic mass is 10.1. The molecule has 4 nitrogen and oxygen atoms in total. The summed E-state index contributed by atoms with van der Waals surface area (Å²) in [6.45, 7) is 3.27. The SMILES string of the molecule is CC1CN(C(=O)c2ccc(C#CCCO)cc2F)CCO1. The van der Waals surface area contributed by atoms with Gasteiger partial charge in [-0.1, -0.05) is 11.8 Å². The van der Waals surface area contributed by atoms with Crippen molar-refractivity contribution in [3.63, 3.8) is 0 Å². The molecule has 0 aromatic heterocycles. The van der Waals surface area contributed by atoms with Crippen LogP contribution in [-0.4, -0.2) is 48.3 Å². The van der Waals surface area contributed by atoms with E-state index in [0.717, 1.165) is 0 Å². The van der Waals surface area contributed by atoms with Crippen LogP contribution in [-0.2, 0) is 4.74 Å². The number of carbonyl (C=O) groups excluding carboxylic acids is 1. The second-order valence-corrected chi connectivity index (χ2v) is 4.90. The lowest BCUT2D eigenvalue weighted by molar-refractivity contribution is -0.0125. The Labute approximate surface area is 123 Å². The summed E-state index contributed by atoms with van der Waals surface area (Å²) in [5.41, 5.74) is 0.546. The van der Waals surface area contributed by atoms with Gasteiger partial charge in [0, 0.05) is 25.1 Å². The molecule has 1 fully saturated rings. The van der Waals surface area contributed by atoms with Crippen molar-refractivity contribution in [2.24, 2.45) is 0 Å². The molecule has 112 valence electrons. The summed E-state index contributed by atoms with van der Waals surface area (Å²) in [5, 5.41) is 8.64. The minimum atomic E-state index is -0.574. The van der Waals surface area contributed by atoms with E-state index < -0.39 is 5.82 Å². The van der Waals surface area contributed by atoms with Crippen molar-refractivity contribution >= 4 is 5.91 Å². The topological polar surface area (TPSA) is 49.8 Å². The van der Waals surface area contributed by atoms with Crippen molar-refractivity contribution < 1.29 is 19.0 Å². The van der Waals surface area contributed by atoms with Gasteiger partial charge in [-0.15, -0.1) is 0 Å². The number of aliphatic hydroxyl groups excluding tert-OH is 1. The molecule has 5 heteroatoms. The lowest BCUT2D eigenvalue weighted by Gasteiger charge is -2.31. The zero-order valence-electron chi connectivity index (χ0n) is 11.9. The third-order valence-corrected chi connectivity index (χ3v) is 3.20. The summed E-state index contributed by atoms with van der Waals surface area (Å²) in [6.07, 6.45) is 0.308. The van der Waals surface area contributed by atoms with Gasteiger partial charge in [-0.25, -0.2) is 4.39 Å². The molecule has 2 rings (SSSR count). The normalized spacial score (nSPS) is 18.0. The third-order valence-electron chi connectivity index (χ3n) is 3.20. The first-order valence-electron chi connectivity index (χ1n) is 6.92. The van der Waals surface area contributed by atoms with Crippen molar-refractivity contribution in [3.8, 4) is 11.8 Å². The van der Waals surface area contributed by atoms with Crippen LogP contribution in [0.1, 0.15) is 29.3 Å². The first-order chi connectivity index (χ1) is 10.1. The maximum absolute atomic E-state index is 14.1. The van der Waals surface area contributed by atoms with E-state index in [1.165, 1.54) is 12.1 Å². The maximum atomic E-state index is 14.1. The highest BCUT2D eigenvalue weighted by molar-refractivity contribution is 5.94. The van der Waals surface area contributed by atoms with Crippen molar-refractivity contribution in [2.75, 3.05) is 26.3 Å². The number of amides is 1. The molecule has 1 amide bonds. The van der Waals surface area contributed by atoms with Crippen LogP contribution in [0.3, 0.4) is 0 Å². The molecule has 21 heavy (non-hydrogen) atoms. The largest absolute Gasteiger partial charge is 0.395 e. The molecule has 0 radical (unpaired) electrons. The third kappa shape index (κ3) is 4.03. The first kappa shape index (κ1) is 15.5. The van der Waals surface area contributed by atoms with Crippen LogP contribution in [0.5, 0.6) is 0 Å². The van der Waals surface area contributed by atoms with Crippen molar-refractivity contribution in [3.05, 3.63) is 35.1 Å². The average molecular weight is 291 g/mol. The summed E-state index contributed by atoms with van der Waals surface area (Å²) in [6, 6.07) is 4.33. The van der Waals surface area contributed by atoms with E-state index in [-0.39, 0.29) is 24.2 Å². The molecular weight excluding hydrogens is 273 g/mol. The number of carbonyl (C=O) groups is 1. The van der Waals surface area contributed by atoms with Gasteiger partial charge in [0.05, 0.1) is 24.9 Å². The number of aliphatic hydroxyl groups is 1. The number of hydrogen-bond acceptors (Lipinski definition) is 3. The van der Waals surface area contributed by atoms with Gasteiger partial charge in [0.15, 0.2) is 0 Å². The van der Waals surface area contributed by atoms with Gasteiger partial charge in [-0.2, -0.15) is 0 Å². The fraction of sp³-hybridized carbons (Fsp3) is 0.438. The molecule has 0 bridgehead atoms. The number of morpholine rings is 1. The smallest absolute Gasteiger partial charge is 0.256 e. The number of ether oxygens (including phenoxy) is 1. The Balaban J connectivity index is 2.13. The molecule has 1 N–H and O–H groups in total. The number of hydrogen-bond donors (Lipinski definition) is 1. The minimum Gasteiger partial charge on any atom is -0.395 e. The molecule has 1 aliphatic rings. The Morgan fingerprint density at radius 1 is 1.57 bits per heavy atom. The lowest BCUT2D eigenvalue weighted by Crippen LogP contribution is -2.44. The Bertz CT molecular complexity index is 577. The van der Waals surface area contributed by atoms with Crippen LogP contribution in [0, 0.1) is 17.7 Å². The van der Waals surface area contributed by atoms with Crippen LogP contribution < -0.4 is 0 Å². The summed E-state index contributed by atoms with van der Waals surface area (Å²) in [5.74, 6) is 4.57. The summed E-state index contributed by atoms with van der Waals surface area (Å²) in [7, 11) is 0. The highest BCUT2D eigenvalue weighted by Gasteiger charge is 2.24. The number of halogens is 1. The summed E-state index contributed by atoms with van der Waals surface area (Å²) < 4.78 is 19.4. The molecule has 1 heterocycles. The molecule has 1 atom stereocenters. The zero-order valence-corrected chi connectivity index (χ0v) is 11.9. The standard InChI is InChI=1S/C16H18FNO3/c1-12-11-18(7-9-21-12)16(20)14-6-5-13(10-15(14)17)4-2-3-8-19/h5-6,10,12,19H,3,7-9,11H2,1H3. The first-order valence-corrected chi connectivity index (χ1v) is 6.92. The molecule has 0 aliphatic carbocycles. The molecule has 0 spiro atoms. The van der Waals surface area contributed by atoms with Crippen molar-refractivity contribution in [1.82, 2.24) is 4.90 Å². The molecule has 1 aliphatic heterocycles. The van der Waals surface area contributed by atoms with Crippen LogP contribution in [0.2, 0.25) is 0 Å². The molecular formula is C16H18FNO3. The summed E-state index contributed by atoms with van der Waals surface area (Å²) in [4.78, 5) is 13.9. The van der Waals surface area contributed by atoms with Crippen molar-refractivity contribution in [2.45, 2.75) is 19.4 Å². The maximum Gasteiger partial charge on any atom is 0.256 e. The highest BCUT2D eigenvalue weighted by Crippen LogP contribution is 2.15. The van der Waals surface area contributed by atoms with Gasteiger partial charge in [-0.05, 0) is 25.1 Å². The van der Waals surface area contributed by atoms with Gasteiger partial charge in [0.25, 0.3) is 5.91 Å². The van der Waals surface area contributed by atoms with E-state index in [9.17, 15) is 9.18 Å². The van der Waals surface area contributed by atoms with Gasteiger partial charge in [0.1, 0.15) is 5.82 Å². The average Bonchev–Trinajstić information content (AvgIpc) is 2.47. The summed E-state index contributed by atoms with van der Waals surface area (Å²) >= 11 is 0. The number of nitrogens with zero attached hydrogens (tertiary/aromatic N) is 1. The van der Waals surface area contributed by atoms with Gasteiger partial charge >= 0.3 is 0 Å². The van der Waals surface area contributed by atoms with Crippen LogP contribution >= 0.6 is 0 Å². The minimum absolute atomic E-state index is 0.0265. The van der Waals surface area contributed by atoms with Crippen LogP contribution in [0.4, 0.5) is 4.39 Å². The Hall–Kier alpha value is -1.90. The van der Waals surface area contributed by atoms with Crippen molar-refractivity contribution in [1.29, 1.82) is 0 Å². The fourth-order valence-electron chi connectivity index (χ4n) is 2.16. The Morgan fingerprint density at radius 2 is 2.38 bits per heavy atom. The van der Waals surface area contributed by atoms with Gasteiger partial charge in [-0.3, -0.25) is 4.79 Å². The van der Waals surface area contributed by atoms with Gasteiger partial charge < -0.3 is 14.7 Å². The second kappa shape index (κ2) is 7.21. The molecule has 1 unspecified atom stereocenters. The monoisotopic (exact) mass is 291 g/mol. The van der Waals surface area contributed by atoms with Gasteiger partial charge in [0.2, 0.25) is 0 Å². The quantitative estimate of drug-likeness (QED) is 0.838. The van der Waals surface area contributed by atoms with E-state index in [1.54, 1.807) is 11.0 Å². The molecule has 1 aromatic carbocycles. The van der Waals surface area contributed by atoms with Crippen LogP contribution in [0.25, 0.3) is 0 Å². The molecule has 1 saturated heterocycles. The Kier molecular flexibility index (Phi) is 5.32. The van der Waals surface area contributed by atoms with E-state index in [0.29, 0.717) is 31.7 Å². The van der Waals surface area contributed by atoms with E-state index in [1.807, 2.05) is 6.92 Å². The van der Waals surface area contributed by atoms with E-state index in [4.69, 9.17) is 9.84 Å². The molecule has 0 saturated carbocycles. The second-order valence-electron chi connectivity index (χ2n) is 4.90. The predicted molar refractivity (Wildman–Crippen MR) is 76.3 cm³/mol. The molecule has 1 aromatic rings. The number of rotatable bonds is 2. The zero-order chi connectivity index (χ0) is 15.2. The van der Waals surface area contributed by atoms with E-state index in [2.05, 4.69) is 11.8 Å². The predicted octanol–water partition coefficient (Wildman–Crippen LogP) is 1.42. The number of benzene rings is 1. The highest BCUT2D eigenvalue weighted by atomic mass is 19.1. The van der Waals surface area contributed by atoms with Crippen LogP contribution in [0.15, 0.2) is 18.2 Å². The Morgan fingerprint density at radius 3 is 3.05 bits per heavy atom.